The fraction of sp³-hybridized carbons (Fsp3) is 0.333. The van der Waals surface area contributed by atoms with Crippen LogP contribution in [0.25, 0.3) is 10.8 Å². The molecule has 0 heterocycles. The average Bonchev–Trinajstić information content (AvgIpc) is 3.10. The van der Waals surface area contributed by atoms with Crippen molar-refractivity contribution >= 4 is 34.5 Å². The van der Waals surface area contributed by atoms with E-state index in [1.165, 1.54) is 12.7 Å². The Balaban J connectivity index is 1.55. The van der Waals surface area contributed by atoms with Crippen molar-refractivity contribution in [3.8, 4) is 0 Å². The lowest BCUT2D eigenvalue weighted by molar-refractivity contribution is -0.151. The summed E-state index contributed by atoms with van der Waals surface area (Å²) in [4.78, 5) is 45.4. The Bertz CT molecular complexity index is 1670. The van der Waals surface area contributed by atoms with E-state index in [4.69, 9.17) is 16.2 Å². The molecule has 6 N–H and O–H groups in total. The fourth-order valence-corrected chi connectivity index (χ4v) is 5.93. The molecule has 0 aliphatic carbocycles. The van der Waals surface area contributed by atoms with E-state index in [-0.39, 0.29) is 30.8 Å². The molecule has 9 nitrogen and oxygen atoms in total. The van der Waals surface area contributed by atoms with Gasteiger partial charge in [-0.1, -0.05) is 103 Å². The summed E-state index contributed by atoms with van der Waals surface area (Å²) in [6, 6.07) is 32.6. The van der Waals surface area contributed by atoms with Gasteiger partial charge in [0.1, 0.15) is 6.04 Å². The topological polar surface area (TPSA) is 149 Å². The first kappa shape index (κ1) is 35.7. The zero-order valence-electron chi connectivity index (χ0n) is 27.9. The highest BCUT2D eigenvalue weighted by Crippen LogP contribution is 2.27. The number of benzene rings is 4. The Labute approximate surface area is 283 Å². The van der Waals surface area contributed by atoms with Gasteiger partial charge in [-0.2, -0.15) is 0 Å². The van der Waals surface area contributed by atoms with Gasteiger partial charge in [0.05, 0.1) is 7.11 Å². The van der Waals surface area contributed by atoms with Gasteiger partial charge in [-0.15, -0.1) is 0 Å². The Kier molecular flexibility index (Phi) is 13.1. The van der Waals surface area contributed by atoms with Crippen LogP contribution < -0.4 is 22.1 Å². The van der Waals surface area contributed by atoms with E-state index in [0.29, 0.717) is 24.8 Å². The number of methoxy groups -OCH3 is 1. The van der Waals surface area contributed by atoms with Crippen molar-refractivity contribution in [2.75, 3.05) is 13.7 Å². The van der Waals surface area contributed by atoms with Crippen molar-refractivity contribution < 1.29 is 19.1 Å². The van der Waals surface area contributed by atoms with E-state index in [1.807, 2.05) is 84.9 Å². The van der Waals surface area contributed by atoms with Gasteiger partial charge >= 0.3 is 5.97 Å². The minimum absolute atomic E-state index is 0.0481. The molecule has 0 spiro atoms. The maximum absolute atomic E-state index is 14.1. The quantitative estimate of drug-likeness (QED) is 0.0538. The number of unbranched alkanes of at least 4 members (excludes halogenated alkanes) is 1. The lowest BCUT2D eigenvalue weighted by Crippen LogP contribution is -2.57. The van der Waals surface area contributed by atoms with Crippen LogP contribution in [0.15, 0.2) is 108 Å². The number of rotatable bonds is 17. The number of fused-ring (bicyclic) bond motifs is 1. The molecule has 9 heteroatoms. The molecule has 0 fully saturated rings. The summed E-state index contributed by atoms with van der Waals surface area (Å²) in [6.45, 7) is 1.90. The van der Waals surface area contributed by atoms with Crippen LogP contribution >= 0.6 is 0 Å². The molecule has 252 valence electrons. The normalized spacial score (nSPS) is 13.5. The van der Waals surface area contributed by atoms with E-state index >= 15 is 0 Å². The zero-order chi connectivity index (χ0) is 34.4. The minimum Gasteiger partial charge on any atom is -0.467 e. The number of guanidine groups is 1. The van der Waals surface area contributed by atoms with Gasteiger partial charge in [0.25, 0.3) is 0 Å². The van der Waals surface area contributed by atoms with Crippen molar-refractivity contribution in [1.29, 1.82) is 0 Å². The van der Waals surface area contributed by atoms with Crippen LogP contribution in [0.1, 0.15) is 55.7 Å². The summed E-state index contributed by atoms with van der Waals surface area (Å²) in [6.07, 6.45) is 4.61. The fourth-order valence-electron chi connectivity index (χ4n) is 5.93. The number of nitrogens with zero attached hydrogens (tertiary/aromatic N) is 1. The third kappa shape index (κ3) is 10.2. The van der Waals surface area contributed by atoms with Gasteiger partial charge in [-0.05, 0) is 79.0 Å². The van der Waals surface area contributed by atoms with Crippen LogP contribution in [0, 0.1) is 5.92 Å². The molecule has 3 atom stereocenters. The van der Waals surface area contributed by atoms with Gasteiger partial charge in [0, 0.05) is 12.5 Å². The van der Waals surface area contributed by atoms with Crippen molar-refractivity contribution in [3.05, 3.63) is 120 Å². The predicted octanol–water partition coefficient (Wildman–Crippen LogP) is 5.15. The molecule has 0 saturated heterocycles. The summed E-state index contributed by atoms with van der Waals surface area (Å²) >= 11 is 0. The molecule has 4 rings (SSSR count). The largest absolute Gasteiger partial charge is 0.467 e. The monoisotopic (exact) mass is 649 g/mol. The molecule has 48 heavy (non-hydrogen) atoms. The standard InChI is InChI=1S/C39H47N5O4/c1-39(37(47)48-2,33-24-23-30-19-11-12-20-31(30)27-33)44-36(46)34(22-13-25-42-38(40)41)43-35(45)32(26-29-17-7-4-8-18-29)21-10-9-16-28-14-5-3-6-15-28/h3-8,11-12,14-15,17-20,23-24,27,32,34H,9-10,13,16,21-22,25-26H2,1-2H3,(H,43,45)(H,44,46)(H4,40,41,42)/t32?,34-,39+/m0/s1. The Morgan fingerprint density at radius 3 is 2.08 bits per heavy atom. The molecule has 1 unspecified atom stereocenters. The van der Waals surface area contributed by atoms with Crippen LogP contribution in [-0.4, -0.2) is 43.4 Å². The van der Waals surface area contributed by atoms with Gasteiger partial charge in [0.15, 0.2) is 11.5 Å². The number of hydrogen-bond acceptors (Lipinski definition) is 5. The number of nitrogens with one attached hydrogen (secondary N) is 2. The smallest absolute Gasteiger partial charge is 0.336 e. The molecule has 0 bridgehead atoms. The molecule has 4 aromatic rings. The number of carbonyl (C=O) groups excluding carboxylic acids is 3. The van der Waals surface area contributed by atoms with Crippen LogP contribution in [0.4, 0.5) is 0 Å². The van der Waals surface area contributed by atoms with Gasteiger partial charge in [-0.3, -0.25) is 14.6 Å². The maximum atomic E-state index is 14.1. The highest BCUT2D eigenvalue weighted by Gasteiger charge is 2.40. The second kappa shape index (κ2) is 17.7. The lowest BCUT2D eigenvalue weighted by Gasteiger charge is -2.31. The Hall–Kier alpha value is -5.18. The predicted molar refractivity (Wildman–Crippen MR) is 191 cm³/mol. The maximum Gasteiger partial charge on any atom is 0.336 e. The molecular weight excluding hydrogens is 602 g/mol. The molecule has 4 aromatic carbocycles. The van der Waals surface area contributed by atoms with E-state index in [2.05, 4.69) is 27.8 Å². The van der Waals surface area contributed by atoms with Crippen LogP contribution in [0.3, 0.4) is 0 Å². The first-order valence-corrected chi connectivity index (χ1v) is 16.5. The highest BCUT2D eigenvalue weighted by atomic mass is 16.5. The average molecular weight is 650 g/mol. The second-order valence-corrected chi connectivity index (χ2v) is 12.3. The minimum atomic E-state index is -1.51. The van der Waals surface area contributed by atoms with Crippen molar-refractivity contribution in [2.45, 2.75) is 63.5 Å². The van der Waals surface area contributed by atoms with Crippen LogP contribution in [-0.2, 0) is 37.5 Å². The van der Waals surface area contributed by atoms with E-state index in [0.717, 1.165) is 35.6 Å². The number of aliphatic imine (C=N–C) groups is 1. The highest BCUT2D eigenvalue weighted by molar-refractivity contribution is 5.94. The molecule has 0 aliphatic rings. The Morgan fingerprint density at radius 2 is 1.42 bits per heavy atom. The van der Waals surface area contributed by atoms with Crippen molar-refractivity contribution in [2.24, 2.45) is 22.4 Å². The summed E-state index contributed by atoms with van der Waals surface area (Å²) in [5, 5.41) is 7.87. The summed E-state index contributed by atoms with van der Waals surface area (Å²) in [7, 11) is 1.29. The summed E-state index contributed by atoms with van der Waals surface area (Å²) in [5.74, 6) is -1.75. The number of hydrogen-bond donors (Lipinski definition) is 4. The third-order valence-corrected chi connectivity index (χ3v) is 8.68. The first-order chi connectivity index (χ1) is 23.2. The second-order valence-electron chi connectivity index (χ2n) is 12.3. The number of esters is 1. The SMILES string of the molecule is COC(=O)[C@](C)(NC(=O)[C@H](CCCN=C(N)N)NC(=O)C(CCCCc1ccccc1)Cc1ccccc1)c1ccc2ccccc2c1. The summed E-state index contributed by atoms with van der Waals surface area (Å²) < 4.78 is 5.17. The van der Waals surface area contributed by atoms with Crippen LogP contribution in [0.2, 0.25) is 0 Å². The van der Waals surface area contributed by atoms with Gasteiger partial charge < -0.3 is 26.8 Å². The number of carbonyl (C=O) groups is 3. The number of ether oxygens (including phenoxy) is 1. The van der Waals surface area contributed by atoms with Crippen LogP contribution in [0.5, 0.6) is 0 Å². The third-order valence-electron chi connectivity index (χ3n) is 8.68. The number of nitrogens with two attached hydrogens (primary N) is 2. The van der Waals surface area contributed by atoms with E-state index in [9.17, 15) is 14.4 Å². The molecule has 0 saturated carbocycles. The Morgan fingerprint density at radius 1 is 0.771 bits per heavy atom. The van der Waals surface area contributed by atoms with E-state index < -0.39 is 23.5 Å². The lowest BCUT2D eigenvalue weighted by atomic mass is 9.89. The van der Waals surface area contributed by atoms with Crippen molar-refractivity contribution in [1.82, 2.24) is 10.6 Å². The molecule has 0 radical (unpaired) electrons. The first-order valence-electron chi connectivity index (χ1n) is 16.5. The zero-order valence-corrected chi connectivity index (χ0v) is 27.9. The molecule has 0 aliphatic heterocycles. The molecular formula is C39H47N5O4. The molecule has 2 amide bonds. The van der Waals surface area contributed by atoms with E-state index in [1.54, 1.807) is 13.0 Å². The van der Waals surface area contributed by atoms with Gasteiger partial charge in [-0.25, -0.2) is 4.79 Å². The van der Waals surface area contributed by atoms with Gasteiger partial charge in [0.2, 0.25) is 11.8 Å². The molecule has 0 aromatic heterocycles. The summed E-state index contributed by atoms with van der Waals surface area (Å²) in [5.41, 5.74) is 12.4. The number of aryl methyl sites for hydroxylation is 1. The number of amides is 2. The van der Waals surface area contributed by atoms with Crippen molar-refractivity contribution in [3.63, 3.8) is 0 Å².